The maximum Gasteiger partial charge on any atom is 0.0181 e. The summed E-state index contributed by atoms with van der Waals surface area (Å²) in [6, 6.07) is 0. The Labute approximate surface area is 106 Å². The largest absolute Gasteiger partial charge is 0.130 e. The quantitative estimate of drug-likeness (QED) is 0.382. The fourth-order valence-corrected chi connectivity index (χ4v) is 2.78. The van der Waals surface area contributed by atoms with E-state index < -0.39 is 0 Å². The molecule has 16 heavy (non-hydrogen) atoms. The molecule has 0 nitrogen and oxygen atoms in total. The molecule has 1 aliphatic rings. The fraction of sp³-hybridized carbons (Fsp3) is 0.733. The van der Waals surface area contributed by atoms with E-state index in [9.17, 15) is 0 Å². The molecule has 0 spiro atoms. The first kappa shape index (κ1) is 13.9. The monoisotopic (exact) mass is 238 g/mol. The minimum atomic E-state index is 1.02. The van der Waals surface area contributed by atoms with Gasteiger partial charge in [-0.1, -0.05) is 38.5 Å². The Morgan fingerprint density at radius 2 is 2.25 bits per heavy atom. The predicted octanol–water partition coefficient (Wildman–Crippen LogP) is 5.42. The van der Waals surface area contributed by atoms with Crippen LogP contribution < -0.4 is 0 Å². The van der Waals surface area contributed by atoms with Gasteiger partial charge in [-0.15, -0.1) is 11.8 Å². The summed E-state index contributed by atoms with van der Waals surface area (Å²) in [5.74, 6) is 3.19. The van der Waals surface area contributed by atoms with Gasteiger partial charge in [0.1, 0.15) is 0 Å². The van der Waals surface area contributed by atoms with Gasteiger partial charge in [0.2, 0.25) is 0 Å². The van der Waals surface area contributed by atoms with Gasteiger partial charge in [-0.05, 0) is 49.3 Å². The number of allylic oxidation sites excluding steroid dienone is 1. The van der Waals surface area contributed by atoms with Crippen molar-refractivity contribution in [2.45, 2.75) is 52.4 Å². The van der Waals surface area contributed by atoms with Gasteiger partial charge < -0.3 is 0 Å². The van der Waals surface area contributed by atoms with Crippen molar-refractivity contribution in [3.63, 3.8) is 0 Å². The summed E-state index contributed by atoms with van der Waals surface area (Å²) >= 11 is 1.90. The van der Waals surface area contributed by atoms with Gasteiger partial charge in [0, 0.05) is 5.75 Å². The van der Waals surface area contributed by atoms with E-state index in [1.807, 2.05) is 11.8 Å². The molecule has 0 amide bonds. The second-order valence-electron chi connectivity index (χ2n) is 5.09. The van der Waals surface area contributed by atoms with Crippen molar-refractivity contribution in [2.75, 3.05) is 5.75 Å². The summed E-state index contributed by atoms with van der Waals surface area (Å²) in [5, 5.41) is 2.26. The molecule has 1 heteroatoms. The maximum absolute atomic E-state index is 4.06. The van der Waals surface area contributed by atoms with E-state index in [2.05, 4.69) is 31.9 Å². The summed E-state index contributed by atoms with van der Waals surface area (Å²) in [4.78, 5) is 0. The Kier molecular flexibility index (Phi) is 6.95. The standard InChI is InChI=1S/C15H26S/c1-4-8-13(2)12-16-10-7-5-6-9-15-11-14(15)3/h7,10,14-15H,2,4-6,8-9,11-12H2,1,3H3/b10-7+. The molecular weight excluding hydrogens is 212 g/mol. The van der Waals surface area contributed by atoms with Crippen molar-refractivity contribution >= 4 is 11.8 Å². The van der Waals surface area contributed by atoms with Gasteiger partial charge in [-0.3, -0.25) is 0 Å². The molecule has 1 rings (SSSR count). The minimum Gasteiger partial charge on any atom is -0.130 e. The summed E-state index contributed by atoms with van der Waals surface area (Å²) in [5.41, 5.74) is 1.38. The van der Waals surface area contributed by atoms with Crippen LogP contribution in [0.3, 0.4) is 0 Å². The smallest absolute Gasteiger partial charge is 0.0181 e. The number of rotatable bonds is 9. The first-order valence-corrected chi connectivity index (χ1v) is 7.72. The normalized spacial score (nSPS) is 23.9. The van der Waals surface area contributed by atoms with Crippen molar-refractivity contribution in [1.82, 2.24) is 0 Å². The Hall–Kier alpha value is -0.170. The average Bonchev–Trinajstić information content (AvgIpc) is 2.94. The van der Waals surface area contributed by atoms with Crippen LogP contribution in [0.4, 0.5) is 0 Å². The number of hydrogen-bond donors (Lipinski definition) is 0. The maximum atomic E-state index is 4.06. The highest BCUT2D eigenvalue weighted by Crippen LogP contribution is 2.41. The zero-order valence-corrected chi connectivity index (χ0v) is 11.7. The molecule has 1 saturated carbocycles. The molecular formula is C15H26S. The summed E-state index contributed by atoms with van der Waals surface area (Å²) < 4.78 is 0. The molecule has 0 heterocycles. The highest BCUT2D eigenvalue weighted by Gasteiger charge is 2.30. The van der Waals surface area contributed by atoms with E-state index in [0.717, 1.165) is 17.6 Å². The van der Waals surface area contributed by atoms with Gasteiger partial charge in [-0.2, -0.15) is 0 Å². The SMILES string of the molecule is C=C(CCC)CS/C=C/CCCC1CC1C. The summed E-state index contributed by atoms with van der Waals surface area (Å²) in [6.07, 6.45) is 10.3. The minimum absolute atomic E-state index is 1.02. The lowest BCUT2D eigenvalue weighted by atomic mass is 10.1. The summed E-state index contributed by atoms with van der Waals surface area (Å²) in [7, 11) is 0. The Bertz CT molecular complexity index is 230. The topological polar surface area (TPSA) is 0 Å². The van der Waals surface area contributed by atoms with Crippen LogP contribution in [0.1, 0.15) is 52.4 Å². The first-order chi connectivity index (χ1) is 7.74. The molecule has 2 atom stereocenters. The van der Waals surface area contributed by atoms with E-state index >= 15 is 0 Å². The van der Waals surface area contributed by atoms with E-state index in [0.29, 0.717) is 0 Å². The molecule has 1 aliphatic carbocycles. The molecule has 0 saturated heterocycles. The van der Waals surface area contributed by atoms with Gasteiger partial charge in [0.15, 0.2) is 0 Å². The lowest BCUT2D eigenvalue weighted by molar-refractivity contribution is 0.636. The van der Waals surface area contributed by atoms with Crippen molar-refractivity contribution in [3.8, 4) is 0 Å². The van der Waals surface area contributed by atoms with Gasteiger partial charge in [0.05, 0.1) is 0 Å². The average molecular weight is 238 g/mol. The van der Waals surface area contributed by atoms with Gasteiger partial charge in [0.25, 0.3) is 0 Å². The van der Waals surface area contributed by atoms with E-state index in [1.54, 1.807) is 0 Å². The number of thioether (sulfide) groups is 1. The zero-order valence-electron chi connectivity index (χ0n) is 10.9. The van der Waals surface area contributed by atoms with Crippen molar-refractivity contribution in [3.05, 3.63) is 23.6 Å². The Morgan fingerprint density at radius 3 is 2.88 bits per heavy atom. The molecule has 0 aromatic rings. The molecule has 2 unspecified atom stereocenters. The molecule has 92 valence electrons. The fourth-order valence-electron chi connectivity index (χ4n) is 2.03. The van der Waals surface area contributed by atoms with E-state index in [-0.39, 0.29) is 0 Å². The van der Waals surface area contributed by atoms with Crippen LogP contribution in [0.2, 0.25) is 0 Å². The van der Waals surface area contributed by atoms with Crippen molar-refractivity contribution in [2.24, 2.45) is 11.8 Å². The molecule has 0 radical (unpaired) electrons. The highest BCUT2D eigenvalue weighted by molar-refractivity contribution is 8.02. The van der Waals surface area contributed by atoms with Crippen LogP contribution in [-0.4, -0.2) is 5.75 Å². The van der Waals surface area contributed by atoms with Crippen LogP contribution in [0.25, 0.3) is 0 Å². The van der Waals surface area contributed by atoms with Crippen LogP contribution in [-0.2, 0) is 0 Å². The van der Waals surface area contributed by atoms with Gasteiger partial charge >= 0.3 is 0 Å². The van der Waals surface area contributed by atoms with Crippen molar-refractivity contribution in [1.29, 1.82) is 0 Å². The van der Waals surface area contributed by atoms with E-state index in [4.69, 9.17) is 0 Å². The molecule has 1 fully saturated rings. The first-order valence-electron chi connectivity index (χ1n) is 6.67. The number of unbranched alkanes of at least 4 members (excludes halogenated alkanes) is 1. The van der Waals surface area contributed by atoms with E-state index in [1.165, 1.54) is 44.1 Å². The lowest BCUT2D eigenvalue weighted by Crippen LogP contribution is -1.82. The Morgan fingerprint density at radius 1 is 1.50 bits per heavy atom. The molecule has 0 aromatic carbocycles. The molecule has 0 aliphatic heterocycles. The third kappa shape index (κ3) is 6.42. The molecule has 0 bridgehead atoms. The third-order valence-electron chi connectivity index (χ3n) is 3.31. The second kappa shape index (κ2) is 8.00. The Balaban J connectivity index is 1.86. The third-order valence-corrected chi connectivity index (χ3v) is 4.27. The number of hydrogen-bond acceptors (Lipinski definition) is 1. The highest BCUT2D eigenvalue weighted by atomic mass is 32.2. The lowest BCUT2D eigenvalue weighted by Gasteiger charge is -1.99. The summed E-state index contributed by atoms with van der Waals surface area (Å²) in [6.45, 7) is 8.65. The van der Waals surface area contributed by atoms with Crippen molar-refractivity contribution < 1.29 is 0 Å². The van der Waals surface area contributed by atoms with Crippen LogP contribution >= 0.6 is 11.8 Å². The molecule has 0 N–H and O–H groups in total. The van der Waals surface area contributed by atoms with Crippen LogP contribution in [0.5, 0.6) is 0 Å². The van der Waals surface area contributed by atoms with Crippen LogP contribution in [0, 0.1) is 11.8 Å². The second-order valence-corrected chi connectivity index (χ2v) is 5.98. The molecule has 0 aromatic heterocycles. The van der Waals surface area contributed by atoms with Gasteiger partial charge in [-0.25, -0.2) is 0 Å². The van der Waals surface area contributed by atoms with Crippen LogP contribution in [0.15, 0.2) is 23.6 Å². The predicted molar refractivity (Wildman–Crippen MR) is 76.8 cm³/mol. The zero-order chi connectivity index (χ0) is 11.8.